The Kier molecular flexibility index (Phi) is 3.98. The van der Waals surface area contributed by atoms with Gasteiger partial charge in [0.2, 0.25) is 5.88 Å². The van der Waals surface area contributed by atoms with Crippen LogP contribution in [0.1, 0.15) is 27.0 Å². The van der Waals surface area contributed by atoms with Crippen LogP contribution in [0, 0.1) is 25.2 Å². The zero-order valence-corrected chi connectivity index (χ0v) is 13.1. The number of aryl methyl sites for hydroxylation is 2. The Morgan fingerprint density at radius 3 is 2.52 bits per heavy atom. The summed E-state index contributed by atoms with van der Waals surface area (Å²) in [6, 6.07) is 11.2. The maximum absolute atomic E-state index is 12.4. The third kappa shape index (κ3) is 3.32. The summed E-state index contributed by atoms with van der Waals surface area (Å²) in [6.07, 6.45) is 1.43. The number of nitriles is 1. The minimum absolute atomic E-state index is 0.0319. The SMILES string of the molecule is Cc1cc(C)cc(C(=O)N2CC(Oc3ccc(C#N)cn3)C2)c1. The molecule has 0 bridgehead atoms. The lowest BCUT2D eigenvalue weighted by molar-refractivity contribution is 0.0160. The van der Waals surface area contributed by atoms with Gasteiger partial charge in [0.25, 0.3) is 5.91 Å². The molecular weight excluding hydrogens is 290 g/mol. The molecule has 5 nitrogen and oxygen atoms in total. The predicted molar refractivity (Wildman–Crippen MR) is 85.2 cm³/mol. The number of hydrogen-bond donors (Lipinski definition) is 0. The molecule has 5 heteroatoms. The Hall–Kier alpha value is -2.87. The van der Waals surface area contributed by atoms with Crippen molar-refractivity contribution in [2.45, 2.75) is 20.0 Å². The van der Waals surface area contributed by atoms with Gasteiger partial charge in [-0.25, -0.2) is 4.98 Å². The van der Waals surface area contributed by atoms with Crippen molar-refractivity contribution in [3.63, 3.8) is 0 Å². The Bertz CT molecular complexity index is 752. The van der Waals surface area contributed by atoms with Crippen LogP contribution in [0.15, 0.2) is 36.5 Å². The van der Waals surface area contributed by atoms with E-state index in [0.29, 0.717) is 24.5 Å². The van der Waals surface area contributed by atoms with E-state index in [1.54, 1.807) is 17.0 Å². The molecule has 0 saturated carbocycles. The molecular formula is C18H17N3O2. The number of likely N-dealkylation sites (tertiary alicyclic amines) is 1. The number of nitrogens with zero attached hydrogens (tertiary/aromatic N) is 3. The molecule has 0 aliphatic carbocycles. The monoisotopic (exact) mass is 307 g/mol. The topological polar surface area (TPSA) is 66.2 Å². The summed E-state index contributed by atoms with van der Waals surface area (Å²) in [7, 11) is 0. The van der Waals surface area contributed by atoms with E-state index < -0.39 is 0 Å². The second-order valence-corrected chi connectivity index (χ2v) is 5.82. The minimum Gasteiger partial charge on any atom is -0.471 e. The predicted octanol–water partition coefficient (Wildman–Crippen LogP) is 2.47. The Balaban J connectivity index is 1.58. The van der Waals surface area contributed by atoms with Crippen molar-refractivity contribution < 1.29 is 9.53 Å². The van der Waals surface area contributed by atoms with E-state index in [-0.39, 0.29) is 12.0 Å². The summed E-state index contributed by atoms with van der Waals surface area (Å²) in [5.74, 6) is 0.511. The number of pyridine rings is 1. The summed E-state index contributed by atoms with van der Waals surface area (Å²) >= 11 is 0. The van der Waals surface area contributed by atoms with Crippen LogP contribution in [0.2, 0.25) is 0 Å². The molecule has 1 aliphatic rings. The fourth-order valence-corrected chi connectivity index (χ4v) is 2.65. The third-order valence-corrected chi connectivity index (χ3v) is 3.76. The summed E-state index contributed by atoms with van der Waals surface area (Å²) in [4.78, 5) is 18.3. The molecule has 1 aliphatic heterocycles. The lowest BCUT2D eigenvalue weighted by Crippen LogP contribution is -2.56. The Labute approximate surface area is 135 Å². The van der Waals surface area contributed by atoms with Crippen LogP contribution in [0.4, 0.5) is 0 Å². The maximum atomic E-state index is 12.4. The standard InChI is InChI=1S/C18H17N3O2/c1-12-5-13(2)7-15(6-12)18(22)21-10-16(11-21)23-17-4-3-14(8-19)9-20-17/h3-7,9,16H,10-11H2,1-2H3. The molecule has 1 amide bonds. The molecule has 0 N–H and O–H groups in total. The number of amides is 1. The van der Waals surface area contributed by atoms with Gasteiger partial charge in [0, 0.05) is 17.8 Å². The molecule has 2 heterocycles. The van der Waals surface area contributed by atoms with Crippen LogP contribution in [0.3, 0.4) is 0 Å². The molecule has 0 spiro atoms. The number of aromatic nitrogens is 1. The highest BCUT2D eigenvalue weighted by atomic mass is 16.5. The van der Waals surface area contributed by atoms with Crippen LogP contribution < -0.4 is 4.74 Å². The van der Waals surface area contributed by atoms with Gasteiger partial charge >= 0.3 is 0 Å². The molecule has 3 rings (SSSR count). The fourth-order valence-electron chi connectivity index (χ4n) is 2.65. The first-order valence-corrected chi connectivity index (χ1v) is 7.45. The summed E-state index contributed by atoms with van der Waals surface area (Å²) in [5, 5.41) is 8.74. The normalized spacial score (nSPS) is 14.0. The molecule has 0 radical (unpaired) electrons. The van der Waals surface area contributed by atoms with E-state index in [0.717, 1.165) is 16.7 Å². The zero-order valence-electron chi connectivity index (χ0n) is 13.1. The summed E-state index contributed by atoms with van der Waals surface area (Å²) in [5.41, 5.74) is 3.39. The number of rotatable bonds is 3. The number of benzene rings is 1. The van der Waals surface area contributed by atoms with E-state index in [4.69, 9.17) is 10.00 Å². The van der Waals surface area contributed by atoms with E-state index in [9.17, 15) is 4.79 Å². The number of carbonyl (C=O) groups excluding carboxylic acids is 1. The average molecular weight is 307 g/mol. The molecule has 116 valence electrons. The first kappa shape index (κ1) is 15.0. The Morgan fingerprint density at radius 2 is 1.96 bits per heavy atom. The number of hydrogen-bond acceptors (Lipinski definition) is 4. The summed E-state index contributed by atoms with van der Waals surface area (Å²) < 4.78 is 5.70. The van der Waals surface area contributed by atoms with Gasteiger partial charge in [-0.1, -0.05) is 17.2 Å². The number of carbonyl (C=O) groups is 1. The van der Waals surface area contributed by atoms with Gasteiger partial charge in [-0.15, -0.1) is 0 Å². The molecule has 2 aromatic rings. The van der Waals surface area contributed by atoms with Gasteiger partial charge in [0.1, 0.15) is 12.2 Å². The maximum Gasteiger partial charge on any atom is 0.254 e. The molecule has 1 saturated heterocycles. The molecule has 0 unspecified atom stereocenters. The van der Waals surface area contributed by atoms with Gasteiger partial charge in [-0.05, 0) is 32.0 Å². The van der Waals surface area contributed by atoms with Gasteiger partial charge in [0.05, 0.1) is 18.7 Å². The third-order valence-electron chi connectivity index (χ3n) is 3.76. The van der Waals surface area contributed by atoms with Gasteiger partial charge in [0.15, 0.2) is 0 Å². The van der Waals surface area contributed by atoms with Crippen molar-refractivity contribution in [2.75, 3.05) is 13.1 Å². The van der Waals surface area contributed by atoms with Gasteiger partial charge < -0.3 is 9.64 Å². The van der Waals surface area contributed by atoms with Gasteiger partial charge in [-0.3, -0.25) is 4.79 Å². The summed E-state index contributed by atoms with van der Waals surface area (Å²) in [6.45, 7) is 5.08. The zero-order chi connectivity index (χ0) is 16.4. The Morgan fingerprint density at radius 1 is 1.26 bits per heavy atom. The van der Waals surface area contributed by atoms with E-state index in [1.807, 2.05) is 32.0 Å². The van der Waals surface area contributed by atoms with Crippen LogP contribution in [-0.4, -0.2) is 35.0 Å². The first-order valence-electron chi connectivity index (χ1n) is 7.45. The molecule has 23 heavy (non-hydrogen) atoms. The lowest BCUT2D eigenvalue weighted by atomic mass is 10.0. The quantitative estimate of drug-likeness (QED) is 0.873. The highest BCUT2D eigenvalue weighted by molar-refractivity contribution is 5.95. The lowest BCUT2D eigenvalue weighted by Gasteiger charge is -2.38. The van der Waals surface area contributed by atoms with Crippen LogP contribution >= 0.6 is 0 Å². The highest BCUT2D eigenvalue weighted by Gasteiger charge is 2.33. The second kappa shape index (κ2) is 6.09. The fraction of sp³-hybridized carbons (Fsp3) is 0.278. The van der Waals surface area contributed by atoms with Crippen molar-refractivity contribution in [2.24, 2.45) is 0 Å². The largest absolute Gasteiger partial charge is 0.471 e. The van der Waals surface area contributed by atoms with E-state index in [2.05, 4.69) is 11.1 Å². The van der Waals surface area contributed by atoms with Crippen LogP contribution in [-0.2, 0) is 0 Å². The van der Waals surface area contributed by atoms with Crippen LogP contribution in [0.5, 0.6) is 5.88 Å². The molecule has 0 atom stereocenters. The highest BCUT2D eigenvalue weighted by Crippen LogP contribution is 2.20. The average Bonchev–Trinajstić information content (AvgIpc) is 2.49. The van der Waals surface area contributed by atoms with Gasteiger partial charge in [-0.2, -0.15) is 5.26 Å². The van der Waals surface area contributed by atoms with Crippen LogP contribution in [0.25, 0.3) is 0 Å². The minimum atomic E-state index is -0.0507. The first-order chi connectivity index (χ1) is 11.0. The van der Waals surface area contributed by atoms with E-state index in [1.165, 1.54) is 6.20 Å². The van der Waals surface area contributed by atoms with Crippen molar-refractivity contribution >= 4 is 5.91 Å². The number of ether oxygens (including phenoxy) is 1. The smallest absolute Gasteiger partial charge is 0.254 e. The van der Waals surface area contributed by atoms with Crippen molar-refractivity contribution in [1.82, 2.24) is 9.88 Å². The molecule has 1 aromatic heterocycles. The molecule has 1 fully saturated rings. The van der Waals surface area contributed by atoms with Crippen molar-refractivity contribution in [3.8, 4) is 11.9 Å². The van der Waals surface area contributed by atoms with Crippen molar-refractivity contribution in [1.29, 1.82) is 5.26 Å². The van der Waals surface area contributed by atoms with Crippen molar-refractivity contribution in [3.05, 3.63) is 58.8 Å². The van der Waals surface area contributed by atoms with E-state index >= 15 is 0 Å². The second-order valence-electron chi connectivity index (χ2n) is 5.82. The molecule has 1 aromatic carbocycles.